The summed E-state index contributed by atoms with van der Waals surface area (Å²) in [6.07, 6.45) is -4.23. The van der Waals surface area contributed by atoms with Gasteiger partial charge in [-0.05, 0) is 90.2 Å². The van der Waals surface area contributed by atoms with Crippen molar-refractivity contribution >= 4 is 41.4 Å². The molecule has 8 atom stereocenters. The van der Waals surface area contributed by atoms with Crippen molar-refractivity contribution in [1.82, 2.24) is 31.9 Å². The lowest BCUT2D eigenvalue weighted by molar-refractivity contribution is -0.146. The number of likely N-dealkylation sites (N-methyl/N-ethyl adjacent to an activating group) is 1. The number of rotatable bonds is 22. The first-order valence-corrected chi connectivity index (χ1v) is 20.4. The molecule has 66 heavy (non-hydrogen) atoms. The van der Waals surface area contributed by atoms with Gasteiger partial charge in [-0.1, -0.05) is 62.4 Å². The Bertz CT molecular complexity index is 2330. The summed E-state index contributed by atoms with van der Waals surface area (Å²) < 4.78 is 0. The van der Waals surface area contributed by atoms with Crippen molar-refractivity contribution < 1.29 is 69.3 Å². The van der Waals surface area contributed by atoms with E-state index in [2.05, 4.69) is 31.9 Å². The molecule has 0 aliphatic heterocycles. The van der Waals surface area contributed by atoms with E-state index in [4.69, 9.17) is 5.73 Å². The highest BCUT2D eigenvalue weighted by Gasteiger charge is 2.38. The third kappa shape index (κ3) is 14.1. The molecule has 21 nitrogen and oxygen atoms in total. The Morgan fingerprint density at radius 3 is 1.21 bits per heavy atom. The molecule has 0 aliphatic rings. The quantitative estimate of drug-likeness (QED) is 0.0495. The highest BCUT2D eigenvalue weighted by molar-refractivity contribution is 5.98. The highest BCUT2D eigenvalue weighted by Crippen LogP contribution is 2.25. The lowest BCUT2D eigenvalue weighted by atomic mass is 9.98. The van der Waals surface area contributed by atoms with E-state index in [9.17, 15) is 69.3 Å². The van der Waals surface area contributed by atoms with Gasteiger partial charge in [0, 0.05) is 0 Å². The molecule has 4 aromatic carbocycles. The zero-order valence-corrected chi connectivity index (χ0v) is 35.9. The fourth-order valence-electron chi connectivity index (χ4n) is 6.68. The van der Waals surface area contributed by atoms with Crippen molar-refractivity contribution in [2.75, 3.05) is 7.05 Å². The molecule has 0 saturated heterocycles. The smallest absolute Gasteiger partial charge is 0.329 e. The number of carbonyl (C=O) groups is 7. The normalized spacial score (nSPS) is 14.8. The van der Waals surface area contributed by atoms with Crippen LogP contribution >= 0.6 is 0 Å². The fourth-order valence-corrected chi connectivity index (χ4v) is 6.68. The first-order valence-electron chi connectivity index (χ1n) is 20.4. The molecular formula is C45H53N7O14. The average molecular weight is 916 g/mol. The summed E-state index contributed by atoms with van der Waals surface area (Å²) in [4.78, 5) is 94.8. The molecule has 0 heterocycles. The molecule has 0 bridgehead atoms. The third-order valence-electron chi connectivity index (χ3n) is 10.2. The Balaban J connectivity index is 1.69. The minimum atomic E-state index is -2.02. The Morgan fingerprint density at radius 2 is 0.833 bits per heavy atom. The van der Waals surface area contributed by atoms with Crippen LogP contribution in [-0.2, 0) is 33.6 Å². The second-order valence-electron chi connectivity index (χ2n) is 15.7. The molecule has 0 aromatic heterocycles. The number of hydrogen-bond donors (Lipinski definition) is 14. The maximum Gasteiger partial charge on any atom is 0.329 e. The van der Waals surface area contributed by atoms with Gasteiger partial charge < -0.3 is 73.4 Å². The van der Waals surface area contributed by atoms with Crippen LogP contribution in [0.25, 0.3) is 0 Å². The Morgan fingerprint density at radius 1 is 0.485 bits per heavy atom. The molecule has 0 fully saturated rings. The maximum atomic E-state index is 14.4. The minimum Gasteiger partial charge on any atom is -0.508 e. The van der Waals surface area contributed by atoms with Gasteiger partial charge >= 0.3 is 5.97 Å². The summed E-state index contributed by atoms with van der Waals surface area (Å²) in [6.45, 7) is 3.71. The van der Waals surface area contributed by atoms with E-state index < -0.39 is 96.3 Å². The van der Waals surface area contributed by atoms with Gasteiger partial charge in [0.25, 0.3) is 0 Å². The number of aromatic hydroxyl groups is 4. The number of benzene rings is 4. The molecule has 4 aromatic rings. The van der Waals surface area contributed by atoms with Crippen LogP contribution in [0.15, 0.2) is 97.1 Å². The van der Waals surface area contributed by atoms with Crippen LogP contribution in [0.3, 0.4) is 0 Å². The number of phenolic OH excluding ortho intramolecular Hbond substituents is 4. The van der Waals surface area contributed by atoms with Crippen LogP contribution in [0, 0.1) is 5.92 Å². The van der Waals surface area contributed by atoms with Crippen LogP contribution in [0.1, 0.15) is 73.2 Å². The van der Waals surface area contributed by atoms with E-state index in [1.165, 1.54) is 79.8 Å². The second kappa shape index (κ2) is 23.3. The predicted octanol–water partition coefficient (Wildman–Crippen LogP) is 0.0395. The molecule has 0 radical (unpaired) electrons. The van der Waals surface area contributed by atoms with Crippen molar-refractivity contribution in [2.24, 2.45) is 11.7 Å². The third-order valence-corrected chi connectivity index (χ3v) is 10.2. The van der Waals surface area contributed by atoms with Gasteiger partial charge in [-0.25, -0.2) is 4.79 Å². The van der Waals surface area contributed by atoms with Crippen LogP contribution in [-0.4, -0.2) is 108 Å². The Hall–Kier alpha value is -7.75. The van der Waals surface area contributed by atoms with Gasteiger partial charge in [-0.3, -0.25) is 28.8 Å². The summed E-state index contributed by atoms with van der Waals surface area (Å²) in [5, 5.41) is 86.6. The number of aliphatic hydroxyl groups is 2. The molecule has 0 aliphatic carbocycles. The first kappa shape index (κ1) is 50.9. The molecule has 352 valence electrons. The summed E-state index contributed by atoms with van der Waals surface area (Å²) in [5.74, 6) is -9.11. The molecule has 15 N–H and O–H groups in total. The SMILES string of the molecule is CN[C@H](CC(C)C)C(=O)N[C@H](C(=O)N[C@@H](CC(N)=O)C(=O)N[C@@H](C(=O)N[C@@H](C(=O)N[C@H](C(=O)O)[C@H](O)c1ccc(O)cc1)c1ccc(O)cc1)c1ccc(O)cc1)[C@H](O)c1ccc(O)cc1. The number of phenols is 4. The number of primary amides is 1. The van der Waals surface area contributed by atoms with E-state index in [-0.39, 0.29) is 51.2 Å². The number of nitrogens with one attached hydrogen (secondary N) is 6. The number of carbonyl (C=O) groups excluding carboxylic acids is 6. The number of aliphatic hydroxyl groups excluding tert-OH is 2. The largest absolute Gasteiger partial charge is 0.508 e. The van der Waals surface area contributed by atoms with Gasteiger partial charge in [0.1, 0.15) is 59.4 Å². The lowest BCUT2D eigenvalue weighted by Gasteiger charge is -2.29. The molecule has 0 saturated carbocycles. The summed E-state index contributed by atoms with van der Waals surface area (Å²) in [7, 11) is 1.52. The van der Waals surface area contributed by atoms with Crippen LogP contribution in [0.4, 0.5) is 0 Å². The van der Waals surface area contributed by atoms with Crippen molar-refractivity contribution in [3.05, 3.63) is 119 Å². The van der Waals surface area contributed by atoms with Gasteiger partial charge in [0.2, 0.25) is 35.4 Å². The number of nitrogens with two attached hydrogens (primary N) is 1. The van der Waals surface area contributed by atoms with Crippen molar-refractivity contribution in [3.8, 4) is 23.0 Å². The summed E-state index contributed by atoms with van der Waals surface area (Å²) in [6, 6.07) is 9.18. The van der Waals surface area contributed by atoms with Crippen LogP contribution in [0.5, 0.6) is 23.0 Å². The van der Waals surface area contributed by atoms with Gasteiger partial charge in [0.15, 0.2) is 6.04 Å². The van der Waals surface area contributed by atoms with Crippen molar-refractivity contribution in [2.45, 2.75) is 75.1 Å². The highest BCUT2D eigenvalue weighted by atomic mass is 16.4. The van der Waals surface area contributed by atoms with E-state index in [1.54, 1.807) is 0 Å². The van der Waals surface area contributed by atoms with Crippen LogP contribution in [0.2, 0.25) is 0 Å². The monoisotopic (exact) mass is 915 g/mol. The number of carboxylic acids is 1. The molecule has 6 amide bonds. The molecule has 4 rings (SSSR count). The van der Waals surface area contributed by atoms with E-state index in [1.807, 2.05) is 13.8 Å². The van der Waals surface area contributed by atoms with Gasteiger partial charge in [0.05, 0.1) is 12.5 Å². The summed E-state index contributed by atoms with van der Waals surface area (Å²) >= 11 is 0. The number of carboxylic acid groups (broad SMARTS) is 1. The Kier molecular flexibility index (Phi) is 17.9. The maximum absolute atomic E-state index is 14.4. The topological polar surface area (TPSA) is 359 Å². The van der Waals surface area contributed by atoms with E-state index in [0.29, 0.717) is 6.42 Å². The molecule has 0 spiro atoms. The lowest BCUT2D eigenvalue weighted by Crippen LogP contribution is -2.59. The molecule has 0 unspecified atom stereocenters. The van der Waals surface area contributed by atoms with Crippen molar-refractivity contribution in [3.63, 3.8) is 0 Å². The van der Waals surface area contributed by atoms with Gasteiger partial charge in [-0.2, -0.15) is 0 Å². The second-order valence-corrected chi connectivity index (χ2v) is 15.7. The van der Waals surface area contributed by atoms with Crippen molar-refractivity contribution in [1.29, 1.82) is 0 Å². The molecular weight excluding hydrogens is 863 g/mol. The fraction of sp³-hybridized carbons (Fsp3) is 0.311. The zero-order chi connectivity index (χ0) is 48.8. The standard InChI is InChI=1S/C45H53N7O14/c1-22(2)20-31(47-3)40(60)51-36(38(58)25-8-16-29(55)17-9-25)44(64)48-32(21-33(46)57)41(61)49-34(23-4-12-27(53)13-5-23)42(62)50-35(24-6-14-28(54)15-7-24)43(63)52-37(45(65)66)39(59)26-10-18-30(56)19-11-26/h4-19,22,31-32,34-39,47,53-56,58-59H,20-21H2,1-3H3,(H2,46,57)(H,48,64)(H,49,61)(H,50,62)(H,51,60)(H,52,63)(H,65,66)/t31-,32+,34-,35-,36+,37+,38-,39-/m1/s1. The average Bonchev–Trinajstić information content (AvgIpc) is 3.27. The zero-order valence-electron chi connectivity index (χ0n) is 35.9. The predicted molar refractivity (Wildman–Crippen MR) is 234 cm³/mol. The van der Waals surface area contributed by atoms with E-state index in [0.717, 1.165) is 24.3 Å². The number of aliphatic carboxylic acids is 1. The summed E-state index contributed by atoms with van der Waals surface area (Å²) in [5.41, 5.74) is 5.50. The minimum absolute atomic E-state index is 0.00437. The first-order chi connectivity index (χ1) is 31.2. The number of hydrogen-bond acceptors (Lipinski definition) is 14. The van der Waals surface area contributed by atoms with Crippen LogP contribution < -0.4 is 37.6 Å². The Labute approximate surface area is 378 Å². The van der Waals surface area contributed by atoms with E-state index >= 15 is 0 Å². The number of amides is 6. The molecule has 21 heteroatoms. The van der Waals surface area contributed by atoms with Gasteiger partial charge in [-0.15, -0.1) is 0 Å².